The van der Waals surface area contributed by atoms with Crippen LogP contribution in [0.25, 0.3) is 60.9 Å². The van der Waals surface area contributed by atoms with E-state index in [1.807, 2.05) is 0 Å². The third kappa shape index (κ3) is 4.78. The average molecular weight is 871 g/mol. The lowest BCUT2D eigenvalue weighted by Gasteiger charge is -2.35. The largest absolute Gasteiger partial charge is 0.449 e. The van der Waals surface area contributed by atoms with Crippen LogP contribution in [0.5, 0.6) is 23.0 Å². The molecule has 0 amide bonds. The third-order valence-electron chi connectivity index (χ3n) is 15.4. The number of fused-ring (bicyclic) bond motifs is 19. The van der Waals surface area contributed by atoms with Crippen molar-refractivity contribution in [2.24, 2.45) is 0 Å². The summed E-state index contributed by atoms with van der Waals surface area (Å²) in [5.74, 6) is 2.81. The van der Waals surface area contributed by atoms with Crippen LogP contribution < -0.4 is 14.4 Å². The SMILES string of the molecule is CC1(C)c2ccccc2-c2ccc(N(c3ccc4c(c3)c3ccccc3n4-c3ccccc3)c3cccc4c3Oc3ccc5c(c3O4)C3(c4ccccc4-c4ccccc43)c3ccccc3-5)cc21. The molecule has 0 unspecified atom stereocenters. The van der Waals surface area contributed by atoms with Gasteiger partial charge in [0, 0.05) is 38.8 Å². The van der Waals surface area contributed by atoms with Crippen LogP contribution >= 0.6 is 0 Å². The molecule has 4 aliphatic rings. The van der Waals surface area contributed by atoms with E-state index in [1.54, 1.807) is 0 Å². The van der Waals surface area contributed by atoms with Gasteiger partial charge in [-0.15, -0.1) is 0 Å². The van der Waals surface area contributed by atoms with E-state index in [1.165, 1.54) is 77.5 Å². The van der Waals surface area contributed by atoms with Crippen LogP contribution in [0.2, 0.25) is 0 Å². The predicted molar refractivity (Wildman–Crippen MR) is 276 cm³/mol. The molecular formula is C64H42N2O2. The van der Waals surface area contributed by atoms with Crippen LogP contribution in [0, 0.1) is 0 Å². The lowest BCUT2D eigenvalue weighted by atomic mass is 9.70. The number of anilines is 3. The van der Waals surface area contributed by atoms with E-state index in [2.05, 4.69) is 242 Å². The summed E-state index contributed by atoms with van der Waals surface area (Å²) in [5.41, 5.74) is 20.7. The molecule has 1 spiro atoms. The summed E-state index contributed by atoms with van der Waals surface area (Å²) in [5, 5.41) is 2.37. The van der Waals surface area contributed by atoms with Crippen molar-refractivity contribution in [3.8, 4) is 62.1 Å². The molecule has 4 nitrogen and oxygen atoms in total. The number of ether oxygens (including phenoxy) is 2. The summed E-state index contributed by atoms with van der Waals surface area (Å²) < 4.78 is 17.1. The maximum Gasteiger partial charge on any atom is 0.194 e. The fourth-order valence-electron chi connectivity index (χ4n) is 12.6. The smallest absolute Gasteiger partial charge is 0.194 e. The van der Waals surface area contributed by atoms with Gasteiger partial charge in [-0.05, 0) is 128 Å². The molecule has 4 heteroatoms. The highest BCUT2D eigenvalue weighted by Gasteiger charge is 2.54. The number of hydrogen-bond acceptors (Lipinski definition) is 3. The molecule has 1 aromatic heterocycles. The van der Waals surface area contributed by atoms with Crippen LogP contribution in [0.4, 0.5) is 17.1 Å². The Labute approximate surface area is 394 Å². The molecule has 320 valence electrons. The molecule has 10 aromatic carbocycles. The molecule has 0 bridgehead atoms. The van der Waals surface area contributed by atoms with Gasteiger partial charge in [-0.25, -0.2) is 0 Å². The average Bonchev–Trinajstić information content (AvgIpc) is 4.06. The van der Waals surface area contributed by atoms with E-state index in [0.717, 1.165) is 39.6 Å². The van der Waals surface area contributed by atoms with Crippen LogP contribution in [0.1, 0.15) is 47.2 Å². The molecule has 0 N–H and O–H groups in total. The predicted octanol–water partition coefficient (Wildman–Crippen LogP) is 16.8. The van der Waals surface area contributed by atoms with Gasteiger partial charge in [-0.3, -0.25) is 0 Å². The Bertz CT molecular complexity index is 3910. The standard InChI is InChI=1S/C64H42N2O2/c1-63(2)50-24-11-6-19-42(50)46-33-31-41(38-54(46)63)65(40-32-35-56-49(37-40)47-23-10-15-28-55(47)66(56)39-17-4-3-5-18-39)57-29-16-30-58-61(57)67-59-36-34-48-45-22-9-14-27-53(45)64(60(48)62(59)68-58)51-25-12-7-20-43(51)44-21-8-13-26-52(44)64/h3-38H,1-2H3. The number of nitrogens with zero attached hydrogens (tertiary/aromatic N) is 2. The first kappa shape index (κ1) is 37.6. The molecule has 0 fully saturated rings. The van der Waals surface area contributed by atoms with Crippen molar-refractivity contribution in [3.63, 3.8) is 0 Å². The summed E-state index contributed by atoms with van der Waals surface area (Å²) in [6.07, 6.45) is 0. The Morgan fingerprint density at radius 3 is 1.65 bits per heavy atom. The highest BCUT2D eigenvalue weighted by atomic mass is 16.6. The maximum absolute atomic E-state index is 7.41. The number of rotatable bonds is 4. The van der Waals surface area contributed by atoms with E-state index in [9.17, 15) is 0 Å². The molecule has 0 saturated carbocycles. The van der Waals surface area contributed by atoms with Gasteiger partial charge in [0.2, 0.25) is 0 Å². The minimum atomic E-state index is -0.585. The molecule has 0 atom stereocenters. The molecule has 0 saturated heterocycles. The van der Waals surface area contributed by atoms with E-state index >= 15 is 0 Å². The van der Waals surface area contributed by atoms with Crippen molar-refractivity contribution in [3.05, 3.63) is 252 Å². The molecule has 3 aliphatic carbocycles. The quantitative estimate of drug-likeness (QED) is 0.176. The van der Waals surface area contributed by atoms with Crippen molar-refractivity contribution < 1.29 is 9.47 Å². The topological polar surface area (TPSA) is 26.6 Å². The Balaban J connectivity index is 0.946. The zero-order valence-corrected chi connectivity index (χ0v) is 37.5. The number of hydrogen-bond donors (Lipinski definition) is 0. The Hall–Kier alpha value is -8.60. The first-order valence-electron chi connectivity index (χ1n) is 23.6. The van der Waals surface area contributed by atoms with Crippen molar-refractivity contribution in [1.82, 2.24) is 4.57 Å². The van der Waals surface area contributed by atoms with E-state index < -0.39 is 5.41 Å². The second-order valence-electron chi connectivity index (χ2n) is 19.1. The molecule has 2 heterocycles. The van der Waals surface area contributed by atoms with Gasteiger partial charge in [0.1, 0.15) is 0 Å². The number of benzene rings is 10. The van der Waals surface area contributed by atoms with Crippen molar-refractivity contribution in [2.75, 3.05) is 4.90 Å². The summed E-state index contributed by atoms with van der Waals surface area (Å²) in [6.45, 7) is 4.69. The van der Waals surface area contributed by atoms with Gasteiger partial charge in [-0.1, -0.05) is 166 Å². The Morgan fingerprint density at radius 1 is 0.382 bits per heavy atom. The van der Waals surface area contributed by atoms with E-state index in [-0.39, 0.29) is 5.41 Å². The van der Waals surface area contributed by atoms with Crippen molar-refractivity contribution in [1.29, 1.82) is 0 Å². The van der Waals surface area contributed by atoms with Crippen molar-refractivity contribution in [2.45, 2.75) is 24.7 Å². The van der Waals surface area contributed by atoms with Gasteiger partial charge >= 0.3 is 0 Å². The van der Waals surface area contributed by atoms with Crippen molar-refractivity contribution >= 4 is 38.9 Å². The van der Waals surface area contributed by atoms with Gasteiger partial charge in [0.25, 0.3) is 0 Å². The Kier molecular flexibility index (Phi) is 7.46. The summed E-state index contributed by atoms with van der Waals surface area (Å²) in [7, 11) is 0. The second-order valence-corrected chi connectivity index (χ2v) is 19.1. The molecule has 0 radical (unpaired) electrons. The molecule has 68 heavy (non-hydrogen) atoms. The summed E-state index contributed by atoms with van der Waals surface area (Å²) in [4.78, 5) is 2.37. The molecular weight excluding hydrogens is 829 g/mol. The highest BCUT2D eigenvalue weighted by Crippen LogP contribution is 2.68. The zero-order valence-electron chi connectivity index (χ0n) is 37.5. The van der Waals surface area contributed by atoms with E-state index in [0.29, 0.717) is 17.2 Å². The lowest BCUT2D eigenvalue weighted by Crippen LogP contribution is -2.27. The minimum absolute atomic E-state index is 0.194. The monoisotopic (exact) mass is 870 g/mol. The maximum atomic E-state index is 7.41. The van der Waals surface area contributed by atoms with Crippen LogP contribution in [-0.4, -0.2) is 4.57 Å². The van der Waals surface area contributed by atoms with Crippen LogP contribution in [0.15, 0.2) is 218 Å². The van der Waals surface area contributed by atoms with Gasteiger partial charge in [0.05, 0.1) is 22.1 Å². The summed E-state index contributed by atoms with van der Waals surface area (Å²) >= 11 is 0. The highest BCUT2D eigenvalue weighted by molar-refractivity contribution is 6.11. The fraction of sp³-hybridized carbons (Fsp3) is 0.0625. The number of para-hydroxylation sites is 3. The van der Waals surface area contributed by atoms with Crippen LogP contribution in [-0.2, 0) is 10.8 Å². The zero-order chi connectivity index (χ0) is 44.9. The minimum Gasteiger partial charge on any atom is -0.449 e. The molecule has 11 aromatic rings. The normalized spacial score (nSPS) is 14.5. The number of aromatic nitrogens is 1. The Morgan fingerprint density at radius 2 is 0.912 bits per heavy atom. The fourth-order valence-corrected chi connectivity index (χ4v) is 12.6. The second kappa shape index (κ2) is 13.5. The lowest BCUT2D eigenvalue weighted by molar-refractivity contribution is 0.355. The molecule has 1 aliphatic heterocycles. The van der Waals surface area contributed by atoms with E-state index in [4.69, 9.17) is 9.47 Å². The van der Waals surface area contributed by atoms with Gasteiger partial charge in [-0.2, -0.15) is 0 Å². The third-order valence-corrected chi connectivity index (χ3v) is 15.4. The first-order chi connectivity index (χ1) is 33.5. The van der Waals surface area contributed by atoms with Crippen LogP contribution in [0.3, 0.4) is 0 Å². The van der Waals surface area contributed by atoms with Gasteiger partial charge < -0.3 is 18.9 Å². The first-order valence-corrected chi connectivity index (χ1v) is 23.6. The molecule has 15 rings (SSSR count). The summed E-state index contributed by atoms with van der Waals surface area (Å²) in [6, 6.07) is 79.5. The van der Waals surface area contributed by atoms with Gasteiger partial charge in [0.15, 0.2) is 23.0 Å².